The number of phenols is 1. The van der Waals surface area contributed by atoms with Crippen molar-refractivity contribution in [1.82, 2.24) is 0 Å². The van der Waals surface area contributed by atoms with Crippen LogP contribution in [-0.2, 0) is 4.74 Å². The van der Waals surface area contributed by atoms with Gasteiger partial charge >= 0.3 is 11.7 Å². The molecule has 0 aliphatic rings. The molecule has 0 atom stereocenters. The number of carbonyl (C=O) groups excluding carboxylic acids is 1. The summed E-state index contributed by atoms with van der Waals surface area (Å²) < 4.78 is 22.7. The number of hydrogen-bond acceptors (Lipinski definition) is 6. The quantitative estimate of drug-likeness (QED) is 0.502. The minimum Gasteiger partial charge on any atom is -0.505 e. The lowest BCUT2D eigenvalue weighted by atomic mass is 10.1. The van der Waals surface area contributed by atoms with Gasteiger partial charge in [-0.05, 0) is 6.92 Å². The third-order valence-corrected chi connectivity index (χ3v) is 2.35. The van der Waals surface area contributed by atoms with E-state index in [-0.39, 0.29) is 11.3 Å². The van der Waals surface area contributed by atoms with Crippen LogP contribution < -0.4 is 4.74 Å². The van der Waals surface area contributed by atoms with Crippen molar-refractivity contribution < 1.29 is 28.7 Å². The van der Waals surface area contributed by atoms with Gasteiger partial charge in [-0.3, -0.25) is 10.1 Å². The van der Waals surface area contributed by atoms with E-state index in [1.807, 2.05) is 0 Å². The zero-order valence-electron chi connectivity index (χ0n) is 9.81. The summed E-state index contributed by atoms with van der Waals surface area (Å²) in [5.41, 5.74) is -2.02. The molecule has 1 N–H and O–H groups in total. The fourth-order valence-electron chi connectivity index (χ4n) is 1.50. The molecule has 0 bridgehead atoms. The van der Waals surface area contributed by atoms with Gasteiger partial charge in [-0.2, -0.15) is 0 Å². The van der Waals surface area contributed by atoms with Crippen LogP contribution in [0.1, 0.15) is 15.9 Å². The molecule has 0 aromatic heterocycles. The Balaban J connectivity index is 3.82. The Morgan fingerprint density at radius 2 is 2.00 bits per heavy atom. The zero-order valence-corrected chi connectivity index (χ0v) is 9.81. The van der Waals surface area contributed by atoms with Crippen molar-refractivity contribution in [2.45, 2.75) is 6.92 Å². The topological polar surface area (TPSA) is 98.9 Å². The predicted octanol–water partition coefficient (Wildman–Crippen LogP) is 1.54. The first-order valence-corrected chi connectivity index (χ1v) is 4.68. The summed E-state index contributed by atoms with van der Waals surface area (Å²) in [7, 11) is 2.04. The van der Waals surface area contributed by atoms with Crippen LogP contribution in [0.5, 0.6) is 11.5 Å². The molecule has 0 radical (unpaired) electrons. The Morgan fingerprint density at radius 3 is 2.39 bits per heavy atom. The van der Waals surface area contributed by atoms with Crippen molar-refractivity contribution in [3.05, 3.63) is 27.1 Å². The zero-order chi connectivity index (χ0) is 14.0. The lowest BCUT2D eigenvalue weighted by molar-refractivity contribution is -0.386. The van der Waals surface area contributed by atoms with Crippen LogP contribution >= 0.6 is 0 Å². The number of benzene rings is 1. The number of aromatic hydroxyl groups is 1. The van der Waals surface area contributed by atoms with E-state index in [1.54, 1.807) is 0 Å². The van der Waals surface area contributed by atoms with Crippen molar-refractivity contribution >= 4 is 11.7 Å². The van der Waals surface area contributed by atoms with Gasteiger partial charge < -0.3 is 14.6 Å². The second kappa shape index (κ2) is 4.86. The van der Waals surface area contributed by atoms with Gasteiger partial charge in [0, 0.05) is 5.56 Å². The molecule has 0 saturated heterocycles. The van der Waals surface area contributed by atoms with Gasteiger partial charge in [0.15, 0.2) is 17.1 Å². The van der Waals surface area contributed by atoms with Gasteiger partial charge in [0.05, 0.1) is 19.1 Å². The van der Waals surface area contributed by atoms with Gasteiger partial charge in [-0.1, -0.05) is 0 Å². The fraction of sp³-hybridized carbons (Fsp3) is 0.300. The first kappa shape index (κ1) is 13.7. The fourth-order valence-corrected chi connectivity index (χ4v) is 1.50. The molecule has 0 heterocycles. The number of phenolic OH excluding ortho intramolecular Hbond substituents is 1. The maximum atomic E-state index is 13.7. The van der Waals surface area contributed by atoms with Crippen LogP contribution in [-0.4, -0.2) is 30.2 Å². The second-order valence-electron chi connectivity index (χ2n) is 3.29. The summed E-state index contributed by atoms with van der Waals surface area (Å²) in [6, 6.07) is 0. The number of carbonyl (C=O) groups is 1. The molecule has 98 valence electrons. The molecule has 1 aromatic carbocycles. The average Bonchev–Trinajstić information content (AvgIpc) is 2.34. The van der Waals surface area contributed by atoms with Crippen LogP contribution in [0.4, 0.5) is 10.1 Å². The summed E-state index contributed by atoms with van der Waals surface area (Å²) in [5.74, 6) is -3.96. The second-order valence-corrected chi connectivity index (χ2v) is 3.29. The Morgan fingerprint density at radius 1 is 1.44 bits per heavy atom. The number of esters is 1. The molecule has 0 unspecified atom stereocenters. The predicted molar refractivity (Wildman–Crippen MR) is 57.3 cm³/mol. The molecular formula is C10H10FNO6. The van der Waals surface area contributed by atoms with E-state index in [0.717, 1.165) is 14.2 Å². The third kappa shape index (κ3) is 1.92. The normalized spacial score (nSPS) is 10.0. The van der Waals surface area contributed by atoms with Crippen molar-refractivity contribution in [2.24, 2.45) is 0 Å². The van der Waals surface area contributed by atoms with Crippen molar-refractivity contribution in [2.75, 3.05) is 14.2 Å². The molecule has 0 aliphatic heterocycles. The number of nitro groups is 1. The van der Waals surface area contributed by atoms with E-state index in [1.165, 1.54) is 6.92 Å². The summed E-state index contributed by atoms with van der Waals surface area (Å²) in [5, 5.41) is 20.4. The Hall–Kier alpha value is -2.38. The largest absolute Gasteiger partial charge is 0.505 e. The van der Waals surface area contributed by atoms with Gasteiger partial charge in [-0.25, -0.2) is 9.18 Å². The maximum absolute atomic E-state index is 13.7. The molecule has 0 spiro atoms. The van der Waals surface area contributed by atoms with Crippen LogP contribution in [0.3, 0.4) is 0 Å². The van der Waals surface area contributed by atoms with Crippen LogP contribution in [0.15, 0.2) is 0 Å². The van der Waals surface area contributed by atoms with E-state index in [2.05, 4.69) is 4.74 Å². The standard InChI is InChI=1S/C10H10FNO6/c1-4-8(13)6(11)5(10(14)18-3)7(12(15)16)9(4)17-2/h13H,1-3H3. The van der Waals surface area contributed by atoms with Crippen LogP contribution in [0, 0.1) is 22.9 Å². The summed E-state index contributed by atoms with van der Waals surface area (Å²) in [6.45, 7) is 1.23. The third-order valence-electron chi connectivity index (χ3n) is 2.35. The van der Waals surface area contributed by atoms with Crippen molar-refractivity contribution in [3.8, 4) is 11.5 Å². The summed E-state index contributed by atoms with van der Waals surface area (Å²) in [4.78, 5) is 21.3. The number of methoxy groups -OCH3 is 2. The Labute approximate surface area is 101 Å². The van der Waals surface area contributed by atoms with Crippen molar-refractivity contribution in [3.63, 3.8) is 0 Å². The maximum Gasteiger partial charge on any atom is 0.348 e. The molecule has 18 heavy (non-hydrogen) atoms. The highest BCUT2D eigenvalue weighted by molar-refractivity contribution is 5.96. The molecule has 1 aromatic rings. The van der Waals surface area contributed by atoms with E-state index in [9.17, 15) is 24.4 Å². The number of nitro benzene ring substituents is 1. The van der Waals surface area contributed by atoms with E-state index in [0.29, 0.717) is 0 Å². The molecule has 1 rings (SSSR count). The van der Waals surface area contributed by atoms with Crippen LogP contribution in [0.2, 0.25) is 0 Å². The van der Waals surface area contributed by atoms with Gasteiger partial charge in [0.25, 0.3) is 0 Å². The Kier molecular flexibility index (Phi) is 3.70. The van der Waals surface area contributed by atoms with Gasteiger partial charge in [0.2, 0.25) is 5.75 Å². The van der Waals surface area contributed by atoms with Crippen LogP contribution in [0.25, 0.3) is 0 Å². The minimum atomic E-state index is -1.41. The van der Waals surface area contributed by atoms with Crippen molar-refractivity contribution in [1.29, 1.82) is 0 Å². The SMILES string of the molecule is COC(=O)c1c(F)c(O)c(C)c(OC)c1[N+](=O)[O-]. The molecule has 0 amide bonds. The molecule has 8 heteroatoms. The lowest BCUT2D eigenvalue weighted by Crippen LogP contribution is -2.11. The molecular weight excluding hydrogens is 249 g/mol. The van der Waals surface area contributed by atoms with E-state index < -0.39 is 33.7 Å². The van der Waals surface area contributed by atoms with Gasteiger partial charge in [-0.15, -0.1) is 0 Å². The summed E-state index contributed by atoms with van der Waals surface area (Å²) in [6.07, 6.45) is 0. The molecule has 0 aliphatic carbocycles. The number of halogens is 1. The highest BCUT2D eigenvalue weighted by Gasteiger charge is 2.35. The average molecular weight is 259 g/mol. The molecule has 0 saturated carbocycles. The number of nitrogens with zero attached hydrogens (tertiary/aromatic N) is 1. The smallest absolute Gasteiger partial charge is 0.348 e. The summed E-state index contributed by atoms with van der Waals surface area (Å²) >= 11 is 0. The van der Waals surface area contributed by atoms with E-state index in [4.69, 9.17) is 4.74 Å². The number of hydrogen-bond donors (Lipinski definition) is 1. The highest BCUT2D eigenvalue weighted by Crippen LogP contribution is 2.42. The minimum absolute atomic E-state index is 0.172. The van der Waals surface area contributed by atoms with Gasteiger partial charge in [0.1, 0.15) is 0 Å². The Bertz CT molecular complexity index is 528. The molecule has 7 nitrogen and oxygen atoms in total. The lowest BCUT2D eigenvalue weighted by Gasteiger charge is -2.11. The van der Waals surface area contributed by atoms with E-state index >= 15 is 0 Å². The number of ether oxygens (including phenoxy) is 2. The number of rotatable bonds is 3. The highest BCUT2D eigenvalue weighted by atomic mass is 19.1. The monoisotopic (exact) mass is 259 g/mol. The first-order valence-electron chi connectivity index (χ1n) is 4.68. The first-order chi connectivity index (χ1) is 8.36. The molecule has 0 fully saturated rings.